The number of carbonyl (C=O) groups excluding carboxylic acids is 1. The number of hydrogen-bond donors (Lipinski definition) is 1. The van der Waals surface area contributed by atoms with Gasteiger partial charge in [0.25, 0.3) is 11.6 Å². The molecule has 126 valence electrons. The first-order chi connectivity index (χ1) is 12.1. The molecule has 0 saturated heterocycles. The van der Waals surface area contributed by atoms with E-state index in [4.69, 9.17) is 0 Å². The molecule has 1 aromatic carbocycles. The second kappa shape index (κ2) is 7.30. The quantitative estimate of drug-likeness (QED) is 0.538. The van der Waals surface area contributed by atoms with Crippen LogP contribution in [0.15, 0.2) is 55.0 Å². The number of benzene rings is 1. The Kier molecular flexibility index (Phi) is 4.74. The zero-order chi connectivity index (χ0) is 17.6. The van der Waals surface area contributed by atoms with Gasteiger partial charge in [-0.15, -0.1) is 5.10 Å². The van der Waals surface area contributed by atoms with Crippen LogP contribution in [0.5, 0.6) is 0 Å². The maximum absolute atomic E-state index is 11.9. The van der Waals surface area contributed by atoms with Crippen molar-refractivity contribution in [3.8, 4) is 0 Å². The van der Waals surface area contributed by atoms with E-state index in [1.807, 2.05) is 0 Å². The smallest absolute Gasteiger partial charge is 0.269 e. The fourth-order valence-corrected chi connectivity index (χ4v) is 2.18. The topological polar surface area (TPSA) is 116 Å². The van der Waals surface area contributed by atoms with Crippen LogP contribution in [-0.4, -0.2) is 30.8 Å². The van der Waals surface area contributed by atoms with E-state index in [2.05, 4.69) is 20.6 Å². The molecule has 1 amide bonds. The average molecular weight is 338 g/mol. The molecule has 3 rings (SSSR count). The molecule has 0 fully saturated rings. The minimum atomic E-state index is -0.442. The first-order valence-corrected chi connectivity index (χ1v) is 7.42. The largest absolute Gasteiger partial charge is 0.346 e. The Labute approximate surface area is 142 Å². The molecule has 2 heterocycles. The third kappa shape index (κ3) is 4.22. The summed E-state index contributed by atoms with van der Waals surface area (Å²) in [5.74, 6) is -0.238. The Morgan fingerprint density at radius 1 is 1.24 bits per heavy atom. The Morgan fingerprint density at radius 2 is 2.04 bits per heavy atom. The zero-order valence-electron chi connectivity index (χ0n) is 13.1. The Balaban J connectivity index is 1.57. The Morgan fingerprint density at radius 3 is 2.72 bits per heavy atom. The van der Waals surface area contributed by atoms with Gasteiger partial charge in [-0.3, -0.25) is 19.9 Å². The number of rotatable bonds is 6. The second-order valence-electron chi connectivity index (χ2n) is 5.26. The standard InChI is InChI=1S/C16H14N6O3/c23-16(13-2-1-7-17-8-13)18-9-14-11-21(20-19-14)10-12-3-5-15(6-4-12)22(24)25/h1-8,11H,9-10H2,(H,18,23). The first kappa shape index (κ1) is 16.2. The predicted octanol–water partition coefficient (Wildman–Crippen LogP) is 1.56. The van der Waals surface area contributed by atoms with Gasteiger partial charge in [0.2, 0.25) is 0 Å². The lowest BCUT2D eigenvalue weighted by atomic mass is 10.2. The summed E-state index contributed by atoms with van der Waals surface area (Å²) in [6, 6.07) is 9.60. The van der Waals surface area contributed by atoms with Crippen molar-refractivity contribution in [2.24, 2.45) is 0 Å². The van der Waals surface area contributed by atoms with Crippen LogP contribution < -0.4 is 5.32 Å². The summed E-state index contributed by atoms with van der Waals surface area (Å²) < 4.78 is 1.60. The van der Waals surface area contributed by atoms with Crippen LogP contribution in [0.4, 0.5) is 5.69 Å². The monoisotopic (exact) mass is 338 g/mol. The van der Waals surface area contributed by atoms with Crippen LogP contribution in [-0.2, 0) is 13.1 Å². The average Bonchev–Trinajstić information content (AvgIpc) is 3.08. The van der Waals surface area contributed by atoms with E-state index in [1.54, 1.807) is 41.3 Å². The summed E-state index contributed by atoms with van der Waals surface area (Å²) in [5.41, 5.74) is 1.99. The molecule has 3 aromatic rings. The molecule has 0 aliphatic heterocycles. The lowest BCUT2D eigenvalue weighted by molar-refractivity contribution is -0.384. The van der Waals surface area contributed by atoms with Crippen LogP contribution in [0.3, 0.4) is 0 Å². The third-order valence-electron chi connectivity index (χ3n) is 3.43. The molecule has 0 spiro atoms. The lowest BCUT2D eigenvalue weighted by Crippen LogP contribution is -2.23. The van der Waals surface area contributed by atoms with Crippen LogP contribution in [0.25, 0.3) is 0 Å². The van der Waals surface area contributed by atoms with Gasteiger partial charge in [-0.1, -0.05) is 17.3 Å². The first-order valence-electron chi connectivity index (χ1n) is 7.42. The normalized spacial score (nSPS) is 10.4. The van der Waals surface area contributed by atoms with Gasteiger partial charge < -0.3 is 5.32 Å². The molecule has 0 aliphatic carbocycles. The van der Waals surface area contributed by atoms with Gasteiger partial charge in [-0.05, 0) is 17.7 Å². The van der Waals surface area contributed by atoms with E-state index in [0.717, 1.165) is 5.56 Å². The van der Waals surface area contributed by atoms with Crippen molar-refractivity contribution in [2.75, 3.05) is 0 Å². The highest BCUT2D eigenvalue weighted by atomic mass is 16.6. The summed E-state index contributed by atoms with van der Waals surface area (Å²) in [6.07, 6.45) is 4.80. The maximum atomic E-state index is 11.9. The highest BCUT2D eigenvalue weighted by Crippen LogP contribution is 2.12. The molecule has 0 saturated carbocycles. The van der Waals surface area contributed by atoms with Crippen molar-refractivity contribution in [1.82, 2.24) is 25.3 Å². The van der Waals surface area contributed by atoms with Crippen LogP contribution in [0.2, 0.25) is 0 Å². The van der Waals surface area contributed by atoms with Crippen LogP contribution in [0, 0.1) is 10.1 Å². The van der Waals surface area contributed by atoms with E-state index in [1.165, 1.54) is 18.3 Å². The number of carbonyl (C=O) groups is 1. The molecule has 25 heavy (non-hydrogen) atoms. The Bertz CT molecular complexity index is 876. The zero-order valence-corrected chi connectivity index (χ0v) is 13.1. The maximum Gasteiger partial charge on any atom is 0.269 e. The van der Waals surface area contributed by atoms with E-state index < -0.39 is 4.92 Å². The van der Waals surface area contributed by atoms with Crippen molar-refractivity contribution in [3.05, 3.63) is 81.9 Å². The highest BCUT2D eigenvalue weighted by molar-refractivity contribution is 5.93. The molecule has 1 N–H and O–H groups in total. The molecular weight excluding hydrogens is 324 g/mol. The van der Waals surface area contributed by atoms with Crippen molar-refractivity contribution >= 4 is 11.6 Å². The molecule has 0 unspecified atom stereocenters. The van der Waals surface area contributed by atoms with Gasteiger partial charge in [0.05, 0.1) is 29.8 Å². The summed E-state index contributed by atoms with van der Waals surface area (Å²) in [4.78, 5) is 26.0. The number of nitro benzene ring substituents is 1. The summed E-state index contributed by atoms with van der Waals surface area (Å²) in [6.45, 7) is 0.676. The lowest BCUT2D eigenvalue weighted by Gasteiger charge is -2.02. The third-order valence-corrected chi connectivity index (χ3v) is 3.43. The molecule has 9 nitrogen and oxygen atoms in total. The molecule has 0 atom stereocenters. The van der Waals surface area contributed by atoms with Gasteiger partial charge in [0, 0.05) is 24.5 Å². The number of pyridine rings is 1. The van der Waals surface area contributed by atoms with E-state index in [0.29, 0.717) is 17.8 Å². The number of nitrogens with one attached hydrogen (secondary N) is 1. The van der Waals surface area contributed by atoms with Gasteiger partial charge in [-0.25, -0.2) is 4.68 Å². The summed E-state index contributed by atoms with van der Waals surface area (Å²) in [5, 5.41) is 21.4. The molecule has 2 aromatic heterocycles. The number of nitro groups is 1. The second-order valence-corrected chi connectivity index (χ2v) is 5.26. The minimum Gasteiger partial charge on any atom is -0.346 e. The number of aromatic nitrogens is 4. The number of non-ortho nitro benzene ring substituents is 1. The highest BCUT2D eigenvalue weighted by Gasteiger charge is 2.08. The molecule has 0 bridgehead atoms. The number of nitrogens with zero attached hydrogens (tertiary/aromatic N) is 5. The molecular formula is C16H14N6O3. The SMILES string of the molecule is O=C(NCc1cn(Cc2ccc([N+](=O)[O-])cc2)nn1)c1cccnc1. The van der Waals surface area contributed by atoms with Crippen molar-refractivity contribution in [1.29, 1.82) is 0 Å². The number of amides is 1. The van der Waals surface area contributed by atoms with Gasteiger partial charge in [-0.2, -0.15) is 0 Å². The Hall–Kier alpha value is -3.62. The van der Waals surface area contributed by atoms with Gasteiger partial charge >= 0.3 is 0 Å². The van der Waals surface area contributed by atoms with Crippen molar-refractivity contribution < 1.29 is 9.72 Å². The van der Waals surface area contributed by atoms with Gasteiger partial charge in [0.15, 0.2) is 0 Å². The molecule has 0 aliphatic rings. The number of hydrogen-bond acceptors (Lipinski definition) is 6. The minimum absolute atomic E-state index is 0.0427. The molecule has 0 radical (unpaired) electrons. The fourth-order valence-electron chi connectivity index (χ4n) is 2.18. The fraction of sp³-hybridized carbons (Fsp3) is 0.125. The van der Waals surface area contributed by atoms with E-state index >= 15 is 0 Å². The molecule has 9 heteroatoms. The van der Waals surface area contributed by atoms with Gasteiger partial charge in [0.1, 0.15) is 5.69 Å². The summed E-state index contributed by atoms with van der Waals surface area (Å²) in [7, 11) is 0. The summed E-state index contributed by atoms with van der Waals surface area (Å²) >= 11 is 0. The van der Waals surface area contributed by atoms with E-state index in [-0.39, 0.29) is 18.1 Å². The predicted molar refractivity (Wildman–Crippen MR) is 87.6 cm³/mol. The van der Waals surface area contributed by atoms with E-state index in [9.17, 15) is 14.9 Å². The van der Waals surface area contributed by atoms with Crippen molar-refractivity contribution in [2.45, 2.75) is 13.1 Å². The van der Waals surface area contributed by atoms with Crippen LogP contribution in [0.1, 0.15) is 21.6 Å². The van der Waals surface area contributed by atoms with Crippen molar-refractivity contribution in [3.63, 3.8) is 0 Å². The van der Waals surface area contributed by atoms with Crippen LogP contribution >= 0.6 is 0 Å².